The van der Waals surface area contributed by atoms with E-state index in [9.17, 15) is 4.79 Å². The average Bonchev–Trinajstić information content (AvgIpc) is 3.08. The van der Waals surface area contributed by atoms with Gasteiger partial charge in [0.2, 0.25) is 5.91 Å². The van der Waals surface area contributed by atoms with Crippen LogP contribution in [0.1, 0.15) is 12.1 Å². The minimum atomic E-state index is -0.189. The zero-order valence-electron chi connectivity index (χ0n) is 11.5. The molecule has 4 nitrogen and oxygen atoms in total. The standard InChI is InChI=1S/C15H16BrN3OS/c16-12-3-1-2-10(6-12)15-18-13(9-21-15)8-19-5-4-11(7-19)14(17)20/h1-3,6,9,11H,4-5,7-8H2,(H2,17,20)/t11-/m1/s1. The van der Waals surface area contributed by atoms with Crippen molar-refractivity contribution in [2.45, 2.75) is 13.0 Å². The van der Waals surface area contributed by atoms with Crippen LogP contribution in [0.15, 0.2) is 34.1 Å². The SMILES string of the molecule is NC(=O)[C@@H]1CCN(Cc2csc(-c3cccc(Br)c3)n2)C1. The number of halogens is 1. The highest BCUT2D eigenvalue weighted by molar-refractivity contribution is 9.10. The molecule has 1 saturated heterocycles. The molecule has 0 radical (unpaired) electrons. The van der Waals surface area contributed by atoms with Gasteiger partial charge in [-0.25, -0.2) is 4.98 Å². The van der Waals surface area contributed by atoms with E-state index in [1.807, 2.05) is 12.1 Å². The van der Waals surface area contributed by atoms with Gasteiger partial charge in [0, 0.05) is 28.5 Å². The highest BCUT2D eigenvalue weighted by atomic mass is 79.9. The number of hydrogen-bond donors (Lipinski definition) is 1. The van der Waals surface area contributed by atoms with Crippen molar-refractivity contribution in [3.8, 4) is 10.6 Å². The zero-order valence-corrected chi connectivity index (χ0v) is 13.9. The summed E-state index contributed by atoms with van der Waals surface area (Å²) in [5.41, 5.74) is 7.54. The molecule has 1 amide bonds. The quantitative estimate of drug-likeness (QED) is 0.905. The smallest absolute Gasteiger partial charge is 0.221 e. The molecule has 0 aliphatic carbocycles. The summed E-state index contributed by atoms with van der Waals surface area (Å²) in [6.07, 6.45) is 0.859. The van der Waals surface area contributed by atoms with Crippen LogP contribution in [0.2, 0.25) is 0 Å². The molecule has 2 aromatic rings. The van der Waals surface area contributed by atoms with Gasteiger partial charge >= 0.3 is 0 Å². The highest BCUT2D eigenvalue weighted by Crippen LogP contribution is 2.27. The number of hydrogen-bond acceptors (Lipinski definition) is 4. The largest absolute Gasteiger partial charge is 0.369 e. The number of rotatable bonds is 4. The lowest BCUT2D eigenvalue weighted by molar-refractivity contribution is -0.121. The van der Waals surface area contributed by atoms with Crippen molar-refractivity contribution in [2.75, 3.05) is 13.1 Å². The van der Waals surface area contributed by atoms with Gasteiger partial charge in [0.15, 0.2) is 0 Å². The van der Waals surface area contributed by atoms with Gasteiger partial charge in [0.1, 0.15) is 5.01 Å². The number of likely N-dealkylation sites (tertiary alicyclic amines) is 1. The van der Waals surface area contributed by atoms with Gasteiger partial charge in [-0.3, -0.25) is 9.69 Å². The van der Waals surface area contributed by atoms with E-state index in [1.165, 1.54) is 0 Å². The number of nitrogens with two attached hydrogens (primary N) is 1. The van der Waals surface area contributed by atoms with E-state index < -0.39 is 0 Å². The van der Waals surface area contributed by atoms with Gasteiger partial charge in [-0.2, -0.15) is 0 Å². The summed E-state index contributed by atoms with van der Waals surface area (Å²) in [4.78, 5) is 18.1. The zero-order chi connectivity index (χ0) is 14.8. The van der Waals surface area contributed by atoms with Gasteiger partial charge in [0.25, 0.3) is 0 Å². The summed E-state index contributed by atoms with van der Waals surface area (Å²) < 4.78 is 1.06. The third-order valence-electron chi connectivity index (χ3n) is 3.68. The Morgan fingerprint density at radius 1 is 1.52 bits per heavy atom. The summed E-state index contributed by atoms with van der Waals surface area (Å²) in [7, 11) is 0. The third kappa shape index (κ3) is 3.51. The second kappa shape index (κ2) is 6.25. The van der Waals surface area contributed by atoms with E-state index in [1.54, 1.807) is 11.3 Å². The van der Waals surface area contributed by atoms with Crippen molar-refractivity contribution < 1.29 is 4.79 Å². The average molecular weight is 366 g/mol. The van der Waals surface area contributed by atoms with Crippen molar-refractivity contribution in [3.63, 3.8) is 0 Å². The predicted octanol–water partition coefficient (Wildman–Crippen LogP) is 2.88. The van der Waals surface area contributed by atoms with Crippen LogP contribution in [0.25, 0.3) is 10.6 Å². The van der Waals surface area contributed by atoms with Crippen molar-refractivity contribution in [1.29, 1.82) is 0 Å². The van der Waals surface area contributed by atoms with Gasteiger partial charge in [-0.1, -0.05) is 28.1 Å². The molecule has 1 aromatic heterocycles. The fourth-order valence-electron chi connectivity index (χ4n) is 2.57. The summed E-state index contributed by atoms with van der Waals surface area (Å²) >= 11 is 5.13. The maximum absolute atomic E-state index is 11.2. The third-order valence-corrected chi connectivity index (χ3v) is 5.12. The lowest BCUT2D eigenvalue weighted by Gasteiger charge is -2.13. The number of carbonyl (C=O) groups excluding carboxylic acids is 1. The second-order valence-electron chi connectivity index (χ2n) is 5.28. The monoisotopic (exact) mass is 365 g/mol. The molecule has 110 valence electrons. The lowest BCUT2D eigenvalue weighted by Crippen LogP contribution is -2.27. The molecule has 1 atom stereocenters. The molecule has 21 heavy (non-hydrogen) atoms. The molecule has 3 rings (SSSR count). The van der Waals surface area contributed by atoms with Crippen LogP contribution in [-0.2, 0) is 11.3 Å². The van der Waals surface area contributed by atoms with Crippen molar-refractivity contribution in [2.24, 2.45) is 11.7 Å². The Bertz CT molecular complexity index is 658. The number of carbonyl (C=O) groups is 1. The van der Waals surface area contributed by atoms with E-state index in [4.69, 9.17) is 10.7 Å². The minimum Gasteiger partial charge on any atom is -0.369 e. The van der Waals surface area contributed by atoms with Crippen LogP contribution in [0, 0.1) is 5.92 Å². The molecule has 0 saturated carbocycles. The lowest BCUT2D eigenvalue weighted by atomic mass is 10.1. The number of aromatic nitrogens is 1. The Balaban J connectivity index is 1.67. The van der Waals surface area contributed by atoms with Crippen LogP contribution < -0.4 is 5.73 Å². The number of primary amides is 1. The number of benzene rings is 1. The summed E-state index contributed by atoms with van der Waals surface area (Å²) in [5.74, 6) is -0.196. The van der Waals surface area contributed by atoms with Crippen LogP contribution in [0.4, 0.5) is 0 Å². The molecule has 2 heterocycles. The maximum atomic E-state index is 11.2. The molecule has 1 fully saturated rings. The first kappa shape index (κ1) is 14.7. The molecule has 6 heteroatoms. The molecular formula is C15H16BrN3OS. The van der Waals surface area contributed by atoms with Crippen molar-refractivity contribution >= 4 is 33.2 Å². The molecule has 0 unspecified atom stereocenters. The number of amides is 1. The maximum Gasteiger partial charge on any atom is 0.221 e. The van der Waals surface area contributed by atoms with Gasteiger partial charge in [0.05, 0.1) is 11.6 Å². The Hall–Kier alpha value is -1.24. The van der Waals surface area contributed by atoms with Crippen molar-refractivity contribution in [3.05, 3.63) is 39.8 Å². The van der Waals surface area contributed by atoms with E-state index in [0.29, 0.717) is 0 Å². The first-order chi connectivity index (χ1) is 10.1. The number of nitrogens with zero attached hydrogens (tertiary/aromatic N) is 2. The first-order valence-corrected chi connectivity index (χ1v) is 8.51. The molecule has 1 aliphatic rings. The van der Waals surface area contributed by atoms with Crippen LogP contribution in [0.3, 0.4) is 0 Å². The normalized spacial score (nSPS) is 19.0. The van der Waals surface area contributed by atoms with Crippen molar-refractivity contribution in [1.82, 2.24) is 9.88 Å². The van der Waals surface area contributed by atoms with Crippen LogP contribution in [-0.4, -0.2) is 28.9 Å². The summed E-state index contributed by atoms with van der Waals surface area (Å²) in [5, 5.41) is 3.12. The van der Waals surface area contributed by atoms with E-state index in [-0.39, 0.29) is 11.8 Å². The Morgan fingerprint density at radius 3 is 3.10 bits per heavy atom. The fraction of sp³-hybridized carbons (Fsp3) is 0.333. The van der Waals surface area contributed by atoms with Gasteiger partial charge in [-0.15, -0.1) is 11.3 Å². The Labute approximate surface area is 136 Å². The minimum absolute atomic E-state index is 0.00631. The van der Waals surface area contributed by atoms with Gasteiger partial charge < -0.3 is 5.73 Å². The van der Waals surface area contributed by atoms with E-state index in [2.05, 4.69) is 38.3 Å². The predicted molar refractivity (Wildman–Crippen MR) is 87.8 cm³/mol. The topological polar surface area (TPSA) is 59.2 Å². The Kier molecular flexibility index (Phi) is 4.37. The number of thiazole rings is 1. The van der Waals surface area contributed by atoms with Crippen LogP contribution in [0.5, 0.6) is 0 Å². The van der Waals surface area contributed by atoms with Crippen LogP contribution >= 0.6 is 27.3 Å². The molecule has 2 N–H and O–H groups in total. The Morgan fingerprint density at radius 2 is 2.38 bits per heavy atom. The molecule has 1 aromatic carbocycles. The molecule has 1 aliphatic heterocycles. The molecule has 0 spiro atoms. The first-order valence-electron chi connectivity index (χ1n) is 6.84. The second-order valence-corrected chi connectivity index (χ2v) is 7.05. The van der Waals surface area contributed by atoms with E-state index in [0.717, 1.165) is 46.8 Å². The molecular weight excluding hydrogens is 350 g/mol. The fourth-order valence-corrected chi connectivity index (χ4v) is 3.78. The summed E-state index contributed by atoms with van der Waals surface area (Å²) in [6.45, 7) is 2.45. The highest BCUT2D eigenvalue weighted by Gasteiger charge is 2.26. The van der Waals surface area contributed by atoms with E-state index >= 15 is 0 Å². The van der Waals surface area contributed by atoms with Gasteiger partial charge in [-0.05, 0) is 25.1 Å². The summed E-state index contributed by atoms with van der Waals surface area (Å²) in [6, 6.07) is 8.15. The molecule has 0 bridgehead atoms.